The molecule has 0 aliphatic carbocycles. The summed E-state index contributed by atoms with van der Waals surface area (Å²) in [4.78, 5) is 27.9. The number of anilines is 1. The van der Waals surface area contributed by atoms with Crippen molar-refractivity contribution in [3.05, 3.63) is 53.8 Å². The molecule has 9 heteroatoms. The van der Waals surface area contributed by atoms with Crippen LogP contribution in [0.25, 0.3) is 0 Å². The molecule has 4 rings (SSSR count). The molecule has 3 heterocycles. The number of fused-ring (bicyclic) bond motifs is 1. The van der Waals surface area contributed by atoms with Crippen LogP contribution in [0, 0.1) is 0 Å². The average molecular weight is 400 g/mol. The molecule has 0 saturated carbocycles. The highest BCUT2D eigenvalue weighted by atomic mass is 32.2. The van der Waals surface area contributed by atoms with E-state index in [1.165, 1.54) is 6.08 Å². The Morgan fingerprint density at radius 1 is 1.21 bits per heavy atom. The van der Waals surface area contributed by atoms with Gasteiger partial charge in [-0.3, -0.25) is 9.59 Å². The van der Waals surface area contributed by atoms with E-state index in [9.17, 15) is 18.0 Å². The standard InChI is InChI=1S/C19H20N4O4S/c24-18-5-2-8-23(18)12-14-3-1-4-16(11-14)20-19(25)15-6-7-17-21-28(26,27)10-9-22(17)13-15/h1,3-4,6-7,11,13H,2,5,8-10,12H2,(H,20,25). The van der Waals surface area contributed by atoms with E-state index in [1.54, 1.807) is 23.2 Å². The van der Waals surface area contributed by atoms with Crippen molar-refractivity contribution >= 4 is 33.4 Å². The van der Waals surface area contributed by atoms with Crippen molar-refractivity contribution in [1.82, 2.24) is 9.80 Å². The Morgan fingerprint density at radius 3 is 2.86 bits per heavy atom. The molecule has 1 fully saturated rings. The Bertz CT molecular complexity index is 1030. The summed E-state index contributed by atoms with van der Waals surface area (Å²) in [6, 6.07) is 7.42. The number of hydrogen-bond donors (Lipinski definition) is 1. The summed E-state index contributed by atoms with van der Waals surface area (Å²) in [6.07, 6.45) is 6.17. The third-order valence-electron chi connectivity index (χ3n) is 4.82. The van der Waals surface area contributed by atoms with Crippen molar-refractivity contribution in [1.29, 1.82) is 0 Å². The van der Waals surface area contributed by atoms with Crippen LogP contribution in [0.3, 0.4) is 0 Å². The molecule has 1 N–H and O–H groups in total. The number of sulfonamides is 1. The summed E-state index contributed by atoms with van der Waals surface area (Å²) >= 11 is 0. The van der Waals surface area contributed by atoms with Crippen molar-refractivity contribution in [3.63, 3.8) is 0 Å². The fourth-order valence-corrected chi connectivity index (χ4v) is 4.35. The second-order valence-corrected chi connectivity index (χ2v) is 8.67. The maximum atomic E-state index is 12.6. The van der Waals surface area contributed by atoms with Gasteiger partial charge in [-0.1, -0.05) is 12.1 Å². The van der Waals surface area contributed by atoms with Gasteiger partial charge in [0.25, 0.3) is 15.9 Å². The van der Waals surface area contributed by atoms with Gasteiger partial charge in [0, 0.05) is 37.9 Å². The second kappa shape index (κ2) is 7.23. The molecule has 146 valence electrons. The van der Waals surface area contributed by atoms with Crippen molar-refractivity contribution in [3.8, 4) is 0 Å². The molecule has 0 aromatic heterocycles. The topological polar surface area (TPSA) is 99.1 Å². The van der Waals surface area contributed by atoms with Gasteiger partial charge in [-0.25, -0.2) is 8.42 Å². The fraction of sp³-hybridized carbons (Fsp3) is 0.316. The smallest absolute Gasteiger partial charge is 0.257 e. The molecule has 8 nitrogen and oxygen atoms in total. The highest BCUT2D eigenvalue weighted by Gasteiger charge is 2.25. The van der Waals surface area contributed by atoms with E-state index in [0.717, 1.165) is 18.5 Å². The van der Waals surface area contributed by atoms with Crippen molar-refractivity contribution in [2.75, 3.05) is 24.2 Å². The van der Waals surface area contributed by atoms with Gasteiger partial charge in [-0.15, -0.1) is 4.40 Å². The largest absolute Gasteiger partial charge is 0.338 e. The summed E-state index contributed by atoms with van der Waals surface area (Å²) in [5.74, 6) is 0.110. The SMILES string of the molecule is O=C(Nc1cccc(CN2CCCC2=O)c1)C1=CN2CCS(=O)(=O)N=C2C=C1. The van der Waals surface area contributed by atoms with Gasteiger partial charge in [0.05, 0.1) is 11.3 Å². The number of amidine groups is 1. The highest BCUT2D eigenvalue weighted by Crippen LogP contribution is 2.20. The summed E-state index contributed by atoms with van der Waals surface area (Å²) in [7, 11) is -3.42. The average Bonchev–Trinajstić information content (AvgIpc) is 3.05. The van der Waals surface area contributed by atoms with E-state index in [2.05, 4.69) is 9.71 Å². The van der Waals surface area contributed by atoms with Crippen molar-refractivity contribution < 1.29 is 18.0 Å². The Kier molecular flexibility index (Phi) is 4.76. The zero-order valence-corrected chi connectivity index (χ0v) is 16.0. The fourth-order valence-electron chi connectivity index (χ4n) is 3.38. The number of carbonyl (C=O) groups is 2. The van der Waals surface area contributed by atoms with E-state index < -0.39 is 10.0 Å². The number of rotatable bonds is 4. The van der Waals surface area contributed by atoms with E-state index in [4.69, 9.17) is 0 Å². The summed E-state index contributed by atoms with van der Waals surface area (Å²) in [5, 5.41) is 2.85. The normalized spacial score (nSPS) is 20.5. The number of amides is 2. The zero-order chi connectivity index (χ0) is 19.7. The van der Waals surface area contributed by atoms with Crippen molar-refractivity contribution in [2.24, 2.45) is 4.40 Å². The van der Waals surface area contributed by atoms with Crippen LogP contribution in [0.15, 0.2) is 52.6 Å². The van der Waals surface area contributed by atoms with Gasteiger partial charge < -0.3 is 15.1 Å². The van der Waals surface area contributed by atoms with Crippen LogP contribution in [0.1, 0.15) is 18.4 Å². The monoisotopic (exact) mass is 400 g/mol. The van der Waals surface area contributed by atoms with Crippen LogP contribution in [-0.2, 0) is 26.2 Å². The first-order chi connectivity index (χ1) is 13.4. The molecule has 0 unspecified atom stereocenters. The third-order valence-corrected chi connectivity index (χ3v) is 5.98. The molecule has 3 aliphatic heterocycles. The van der Waals surface area contributed by atoms with Gasteiger partial charge >= 0.3 is 0 Å². The van der Waals surface area contributed by atoms with Crippen LogP contribution < -0.4 is 5.32 Å². The number of hydrogen-bond acceptors (Lipinski definition) is 5. The number of nitrogens with one attached hydrogen (secondary N) is 1. The molecule has 1 saturated heterocycles. The van der Waals surface area contributed by atoms with Gasteiger partial charge in [0.15, 0.2) is 0 Å². The molecule has 3 aliphatic rings. The van der Waals surface area contributed by atoms with Crippen LogP contribution in [0.4, 0.5) is 5.69 Å². The molecule has 0 radical (unpaired) electrons. The molecule has 0 spiro atoms. The second-order valence-electron chi connectivity index (χ2n) is 6.92. The number of benzene rings is 1. The first-order valence-electron chi connectivity index (χ1n) is 9.07. The van der Waals surface area contributed by atoms with E-state index in [1.807, 2.05) is 23.1 Å². The van der Waals surface area contributed by atoms with Crippen molar-refractivity contribution in [2.45, 2.75) is 19.4 Å². The molecule has 1 aromatic rings. The first-order valence-corrected chi connectivity index (χ1v) is 10.7. The lowest BCUT2D eigenvalue weighted by molar-refractivity contribution is -0.128. The van der Waals surface area contributed by atoms with Gasteiger partial charge in [-0.05, 0) is 36.3 Å². The minimum absolute atomic E-state index is 0.0764. The molecule has 0 bridgehead atoms. The minimum Gasteiger partial charge on any atom is -0.338 e. The molecular weight excluding hydrogens is 380 g/mol. The van der Waals surface area contributed by atoms with E-state index in [0.29, 0.717) is 30.1 Å². The molecule has 2 amide bonds. The van der Waals surface area contributed by atoms with Crippen LogP contribution >= 0.6 is 0 Å². The van der Waals surface area contributed by atoms with Crippen LogP contribution in [0.5, 0.6) is 0 Å². The maximum absolute atomic E-state index is 12.6. The molecule has 28 heavy (non-hydrogen) atoms. The maximum Gasteiger partial charge on any atom is 0.257 e. The van der Waals surface area contributed by atoms with Gasteiger partial charge in [-0.2, -0.15) is 0 Å². The van der Waals surface area contributed by atoms with Crippen LogP contribution in [0.2, 0.25) is 0 Å². The Morgan fingerprint density at radius 2 is 2.07 bits per heavy atom. The lowest BCUT2D eigenvalue weighted by Gasteiger charge is -2.27. The highest BCUT2D eigenvalue weighted by molar-refractivity contribution is 7.90. The van der Waals surface area contributed by atoms with Crippen LogP contribution in [-0.4, -0.2) is 54.7 Å². The third kappa shape index (κ3) is 3.99. The number of nitrogens with zero attached hydrogens (tertiary/aromatic N) is 3. The summed E-state index contributed by atoms with van der Waals surface area (Å²) in [6.45, 7) is 1.57. The lowest BCUT2D eigenvalue weighted by atomic mass is 10.1. The Labute approximate surface area is 163 Å². The quantitative estimate of drug-likeness (QED) is 0.820. The van der Waals surface area contributed by atoms with Gasteiger partial charge in [0.1, 0.15) is 5.84 Å². The minimum atomic E-state index is -3.42. The number of carbonyl (C=O) groups excluding carboxylic acids is 2. The lowest BCUT2D eigenvalue weighted by Crippen LogP contribution is -2.37. The predicted molar refractivity (Wildman–Crippen MR) is 105 cm³/mol. The molecular formula is C19H20N4O4S. The zero-order valence-electron chi connectivity index (χ0n) is 15.2. The summed E-state index contributed by atoms with van der Waals surface area (Å²) < 4.78 is 26.8. The van der Waals surface area contributed by atoms with E-state index in [-0.39, 0.29) is 24.1 Å². The first kappa shape index (κ1) is 18.4. The summed E-state index contributed by atoms with van der Waals surface area (Å²) in [5.41, 5.74) is 2.01. The predicted octanol–water partition coefficient (Wildman–Crippen LogP) is 1.25. The Balaban J connectivity index is 1.44. The van der Waals surface area contributed by atoms with E-state index >= 15 is 0 Å². The Hall–Kier alpha value is -2.94. The molecule has 1 aromatic carbocycles. The molecule has 0 atom stereocenters. The number of likely N-dealkylation sites (tertiary alicyclic amines) is 1. The van der Waals surface area contributed by atoms with Gasteiger partial charge in [0.2, 0.25) is 5.91 Å².